The van der Waals surface area contributed by atoms with E-state index in [1.165, 1.54) is 0 Å². The van der Waals surface area contributed by atoms with Crippen molar-refractivity contribution in [1.82, 2.24) is 10.6 Å². The number of guanidine groups is 1. The van der Waals surface area contributed by atoms with Crippen LogP contribution in [0.15, 0.2) is 29.3 Å². The molecule has 1 aromatic rings. The van der Waals surface area contributed by atoms with Crippen LogP contribution in [0.25, 0.3) is 0 Å². The number of nitrogens with one attached hydrogen (secondary N) is 3. The predicted octanol–water partition coefficient (Wildman–Crippen LogP) is 0.326. The summed E-state index contributed by atoms with van der Waals surface area (Å²) in [4.78, 5) is 62.8. The van der Waals surface area contributed by atoms with E-state index in [0.717, 1.165) is 37.7 Å². The predicted molar refractivity (Wildman–Crippen MR) is 160 cm³/mol. The maximum absolute atomic E-state index is 13.5. The summed E-state index contributed by atoms with van der Waals surface area (Å²) >= 11 is 0. The third-order valence-corrected chi connectivity index (χ3v) is 7.14. The van der Waals surface area contributed by atoms with Gasteiger partial charge in [-0.1, -0.05) is 43.5 Å². The van der Waals surface area contributed by atoms with Crippen molar-refractivity contribution in [3.05, 3.63) is 35.4 Å². The molecule has 0 radical (unpaired) electrons. The lowest BCUT2D eigenvalue weighted by Crippen LogP contribution is -2.55. The third-order valence-electron chi connectivity index (χ3n) is 7.14. The smallest absolute Gasteiger partial charge is 0.481 e. The Morgan fingerprint density at radius 1 is 0.913 bits per heavy atom. The van der Waals surface area contributed by atoms with E-state index < -0.39 is 60.3 Å². The molecule has 1 saturated carbocycles. The Balaban J connectivity index is 0.00000135. The van der Waals surface area contributed by atoms with E-state index in [1.54, 1.807) is 24.3 Å². The van der Waals surface area contributed by atoms with Gasteiger partial charge in [-0.25, -0.2) is 4.79 Å². The number of amides is 3. The van der Waals surface area contributed by atoms with Gasteiger partial charge in [0.2, 0.25) is 17.7 Å². The molecule has 46 heavy (non-hydrogen) atoms. The number of carbonyl (C=O) groups excluding carboxylic acids is 3. The molecule has 1 aromatic carbocycles. The van der Waals surface area contributed by atoms with Crippen molar-refractivity contribution in [2.75, 3.05) is 6.54 Å². The van der Waals surface area contributed by atoms with E-state index in [-0.39, 0.29) is 30.7 Å². The normalized spacial score (nSPS) is 15.1. The number of amidine groups is 1. The summed E-state index contributed by atoms with van der Waals surface area (Å²) < 4.78 is 31.7. The molecule has 0 aliphatic heterocycles. The highest BCUT2D eigenvalue weighted by Gasteiger charge is 2.38. The number of nitrogens with two attached hydrogens (primary N) is 4. The number of nitrogens with zero attached hydrogens (tertiary/aromatic N) is 1. The van der Waals surface area contributed by atoms with Crippen molar-refractivity contribution >= 4 is 41.5 Å². The first kappa shape index (κ1) is 39.1. The quantitative estimate of drug-likeness (QED) is 0.0706. The molecule has 0 spiro atoms. The van der Waals surface area contributed by atoms with E-state index in [0.29, 0.717) is 18.4 Å². The summed E-state index contributed by atoms with van der Waals surface area (Å²) in [6.07, 6.45) is -0.154. The third kappa shape index (κ3) is 14.7. The second-order valence-corrected chi connectivity index (χ2v) is 10.7. The molecule has 0 bridgehead atoms. The molecule has 1 aliphatic carbocycles. The number of rotatable bonds is 15. The SMILES string of the molecule is N=C(N)c1ccc(C[C@H](C(=O)NC(CC(=O)O)C(=O)NC(CCCN=C(N)N)C(N)=O)C2CCCCC2)cc1.O=C(O)C(F)(F)F. The summed E-state index contributed by atoms with van der Waals surface area (Å²) in [7, 11) is 0. The molecular weight excluding hydrogens is 617 g/mol. The summed E-state index contributed by atoms with van der Waals surface area (Å²) in [5.74, 6) is -6.69. The topological polar surface area (TPSA) is 290 Å². The van der Waals surface area contributed by atoms with Crippen molar-refractivity contribution in [3.8, 4) is 0 Å². The number of carboxylic acids is 2. The van der Waals surface area contributed by atoms with Crippen LogP contribution in [0.1, 0.15) is 62.5 Å². The first-order chi connectivity index (χ1) is 21.4. The van der Waals surface area contributed by atoms with Gasteiger partial charge >= 0.3 is 18.1 Å². The number of nitrogen functional groups attached to an aromatic ring is 1. The molecule has 18 heteroatoms. The molecule has 3 amide bonds. The van der Waals surface area contributed by atoms with Gasteiger partial charge in [-0.2, -0.15) is 13.2 Å². The van der Waals surface area contributed by atoms with Crippen LogP contribution >= 0.6 is 0 Å². The lowest BCUT2D eigenvalue weighted by molar-refractivity contribution is -0.192. The first-order valence-electron chi connectivity index (χ1n) is 14.3. The van der Waals surface area contributed by atoms with Gasteiger partial charge < -0.3 is 43.8 Å². The zero-order valence-electron chi connectivity index (χ0n) is 25.0. The monoisotopic (exact) mass is 658 g/mol. The zero-order valence-corrected chi connectivity index (χ0v) is 25.0. The molecule has 0 heterocycles. The largest absolute Gasteiger partial charge is 0.490 e. The summed E-state index contributed by atoms with van der Waals surface area (Å²) in [5, 5.41) is 29.2. The average Bonchev–Trinajstić information content (AvgIpc) is 2.97. The molecule has 2 rings (SSSR count). The Morgan fingerprint density at radius 3 is 1.91 bits per heavy atom. The number of halogens is 3. The molecule has 0 saturated heterocycles. The maximum atomic E-state index is 13.5. The first-order valence-corrected chi connectivity index (χ1v) is 14.3. The minimum absolute atomic E-state index is 0.0591. The molecule has 3 atom stereocenters. The van der Waals surface area contributed by atoms with Crippen LogP contribution in [0.4, 0.5) is 13.2 Å². The number of carboxylic acid groups (broad SMARTS) is 2. The molecular formula is C28H41F3N8O7. The highest BCUT2D eigenvalue weighted by molar-refractivity contribution is 5.95. The summed E-state index contributed by atoms with van der Waals surface area (Å²) in [6, 6.07) is 4.55. The number of aliphatic imine (C=N–C) groups is 1. The minimum Gasteiger partial charge on any atom is -0.481 e. The van der Waals surface area contributed by atoms with E-state index in [4.69, 9.17) is 38.2 Å². The number of benzene rings is 1. The van der Waals surface area contributed by atoms with Crippen LogP contribution in [-0.2, 0) is 30.4 Å². The fraction of sp³-hybridized carbons (Fsp3) is 0.536. The van der Waals surface area contributed by atoms with Crippen molar-refractivity contribution in [1.29, 1.82) is 5.41 Å². The van der Waals surface area contributed by atoms with Gasteiger partial charge in [-0.05, 0) is 43.6 Å². The molecule has 1 aliphatic rings. The van der Waals surface area contributed by atoms with Crippen molar-refractivity contribution in [2.24, 2.45) is 39.8 Å². The Bertz CT molecular complexity index is 1250. The molecule has 2 unspecified atom stereocenters. The van der Waals surface area contributed by atoms with Gasteiger partial charge in [0, 0.05) is 18.0 Å². The van der Waals surface area contributed by atoms with Crippen molar-refractivity contribution < 1.29 is 47.4 Å². The van der Waals surface area contributed by atoms with Gasteiger partial charge in [0.15, 0.2) is 5.96 Å². The van der Waals surface area contributed by atoms with Gasteiger partial charge in [-0.15, -0.1) is 0 Å². The van der Waals surface area contributed by atoms with Crippen LogP contribution in [-0.4, -0.2) is 76.5 Å². The number of hydrogen-bond acceptors (Lipinski definition) is 7. The van der Waals surface area contributed by atoms with Crippen molar-refractivity contribution in [3.63, 3.8) is 0 Å². The number of aliphatic carboxylic acids is 2. The van der Waals surface area contributed by atoms with E-state index in [9.17, 15) is 37.5 Å². The fourth-order valence-electron chi connectivity index (χ4n) is 4.81. The van der Waals surface area contributed by atoms with E-state index in [1.807, 2.05) is 0 Å². The number of primary amides is 1. The molecule has 15 nitrogen and oxygen atoms in total. The number of hydrogen-bond donors (Lipinski definition) is 9. The fourth-order valence-corrected chi connectivity index (χ4v) is 4.81. The minimum atomic E-state index is -5.08. The van der Waals surface area contributed by atoms with Gasteiger partial charge in [0.05, 0.1) is 6.42 Å². The number of alkyl halides is 3. The van der Waals surface area contributed by atoms with Crippen LogP contribution in [0.5, 0.6) is 0 Å². The van der Waals surface area contributed by atoms with Crippen LogP contribution in [0.3, 0.4) is 0 Å². The Kier molecular flexibility index (Phi) is 16.0. The van der Waals surface area contributed by atoms with E-state index in [2.05, 4.69) is 15.6 Å². The standard InChI is InChI=1S/C26H40N8O5.C2HF3O2/c27-22(28)17-10-8-15(9-11-17)13-18(16-5-2-1-3-6-16)24(38)34-20(14-21(35)36)25(39)33-19(23(29)37)7-4-12-32-26(30)31;3-2(4,5)1(6)7/h8-11,16,18-20H,1-7,12-14H2,(H3,27,28)(H2,29,37)(H,33,39)(H,34,38)(H,35,36)(H4,30,31,32);(H,6,7)/t18-,19?,20?;/m0./s1. The summed E-state index contributed by atoms with van der Waals surface area (Å²) in [6.45, 7) is 0.216. The molecule has 0 aromatic heterocycles. The highest BCUT2D eigenvalue weighted by atomic mass is 19.4. The van der Waals surface area contributed by atoms with Crippen LogP contribution < -0.4 is 33.6 Å². The second kappa shape index (κ2) is 18.8. The number of carbonyl (C=O) groups is 5. The summed E-state index contributed by atoms with van der Waals surface area (Å²) in [5.41, 5.74) is 23.0. The molecule has 13 N–H and O–H groups in total. The Hall–Kier alpha value is -4.90. The van der Waals surface area contributed by atoms with E-state index >= 15 is 0 Å². The highest BCUT2D eigenvalue weighted by Crippen LogP contribution is 2.32. The van der Waals surface area contributed by atoms with Crippen molar-refractivity contribution in [2.45, 2.75) is 76.0 Å². The second-order valence-electron chi connectivity index (χ2n) is 10.7. The average molecular weight is 659 g/mol. The lowest BCUT2D eigenvalue weighted by atomic mass is 9.76. The Morgan fingerprint density at radius 2 is 1.46 bits per heavy atom. The maximum Gasteiger partial charge on any atom is 0.490 e. The van der Waals surface area contributed by atoms with Gasteiger partial charge in [0.25, 0.3) is 0 Å². The van der Waals surface area contributed by atoms with Crippen LogP contribution in [0, 0.1) is 17.2 Å². The van der Waals surface area contributed by atoms with Gasteiger partial charge in [0.1, 0.15) is 17.9 Å². The lowest BCUT2D eigenvalue weighted by Gasteiger charge is -2.31. The van der Waals surface area contributed by atoms with Crippen LogP contribution in [0.2, 0.25) is 0 Å². The molecule has 1 fully saturated rings. The Labute approximate surface area is 262 Å². The van der Waals surface area contributed by atoms with Gasteiger partial charge in [-0.3, -0.25) is 29.6 Å². The molecule has 256 valence electrons. The zero-order chi connectivity index (χ0) is 35.0.